The first-order valence-electron chi connectivity index (χ1n) is 9.14. The molecule has 7 nitrogen and oxygen atoms in total. The fourth-order valence-electron chi connectivity index (χ4n) is 3.68. The lowest BCUT2D eigenvalue weighted by Crippen LogP contribution is -2.54. The minimum atomic E-state index is -1.07. The standard InChI is InChI=1S/C19H25NO6/c1-2-24-17-11-13(7-8-16(17)26-12-18(21)22)19(23)20-9-10-25-15-6-4-3-5-14(15)20/h7-8,11,14-15H,2-6,9-10,12H2,1H3,(H,21,22)/t14-,15+/m1/s1. The van der Waals surface area contributed by atoms with Crippen LogP contribution in [-0.2, 0) is 9.53 Å². The summed E-state index contributed by atoms with van der Waals surface area (Å²) < 4.78 is 16.6. The monoisotopic (exact) mass is 363 g/mol. The second-order valence-electron chi connectivity index (χ2n) is 6.54. The molecular formula is C19H25NO6. The highest BCUT2D eigenvalue weighted by Crippen LogP contribution is 2.32. The first-order valence-corrected chi connectivity index (χ1v) is 9.14. The molecule has 2 aliphatic rings. The summed E-state index contributed by atoms with van der Waals surface area (Å²) in [5, 5.41) is 8.78. The third-order valence-electron chi connectivity index (χ3n) is 4.83. The van der Waals surface area contributed by atoms with Crippen LogP contribution in [0.5, 0.6) is 11.5 Å². The molecule has 1 heterocycles. The third kappa shape index (κ3) is 4.09. The number of carbonyl (C=O) groups excluding carboxylic acids is 1. The lowest BCUT2D eigenvalue weighted by Gasteiger charge is -2.43. The highest BCUT2D eigenvalue weighted by molar-refractivity contribution is 5.95. The van der Waals surface area contributed by atoms with Gasteiger partial charge in [-0.15, -0.1) is 0 Å². The summed E-state index contributed by atoms with van der Waals surface area (Å²) in [6.45, 7) is 2.90. The molecule has 1 saturated carbocycles. The fraction of sp³-hybridized carbons (Fsp3) is 0.579. The topological polar surface area (TPSA) is 85.3 Å². The van der Waals surface area contributed by atoms with Gasteiger partial charge in [-0.2, -0.15) is 0 Å². The molecule has 142 valence electrons. The van der Waals surface area contributed by atoms with Gasteiger partial charge in [0, 0.05) is 12.1 Å². The van der Waals surface area contributed by atoms with Gasteiger partial charge in [-0.3, -0.25) is 4.79 Å². The van der Waals surface area contributed by atoms with Gasteiger partial charge in [0.2, 0.25) is 0 Å². The second-order valence-corrected chi connectivity index (χ2v) is 6.54. The number of morpholine rings is 1. The Labute approximate surface area is 152 Å². The summed E-state index contributed by atoms with van der Waals surface area (Å²) in [5.74, 6) is -0.406. The largest absolute Gasteiger partial charge is 0.490 e. The molecule has 1 N–H and O–H groups in total. The Kier molecular flexibility index (Phi) is 5.98. The lowest BCUT2D eigenvalue weighted by atomic mass is 9.89. The van der Waals surface area contributed by atoms with Crippen molar-refractivity contribution in [1.29, 1.82) is 0 Å². The highest BCUT2D eigenvalue weighted by atomic mass is 16.5. The van der Waals surface area contributed by atoms with Crippen LogP contribution in [0.4, 0.5) is 0 Å². The van der Waals surface area contributed by atoms with E-state index in [0.29, 0.717) is 36.8 Å². The smallest absolute Gasteiger partial charge is 0.341 e. The zero-order chi connectivity index (χ0) is 18.5. The summed E-state index contributed by atoms with van der Waals surface area (Å²) in [6, 6.07) is 5.02. The van der Waals surface area contributed by atoms with E-state index in [0.717, 1.165) is 25.7 Å². The van der Waals surface area contributed by atoms with Crippen molar-refractivity contribution in [2.75, 3.05) is 26.4 Å². The van der Waals surface area contributed by atoms with Crippen molar-refractivity contribution in [3.63, 3.8) is 0 Å². The number of amides is 1. The van der Waals surface area contributed by atoms with Crippen molar-refractivity contribution in [3.8, 4) is 11.5 Å². The molecule has 3 rings (SSSR count). The van der Waals surface area contributed by atoms with Crippen LogP contribution in [0.15, 0.2) is 18.2 Å². The molecule has 1 aromatic carbocycles. The van der Waals surface area contributed by atoms with Crippen molar-refractivity contribution < 1.29 is 28.9 Å². The minimum Gasteiger partial charge on any atom is -0.490 e. The summed E-state index contributed by atoms with van der Waals surface area (Å²) in [6.07, 6.45) is 4.36. The van der Waals surface area contributed by atoms with Crippen molar-refractivity contribution in [2.45, 2.75) is 44.8 Å². The number of fused-ring (bicyclic) bond motifs is 1. The Hall–Kier alpha value is -2.28. The van der Waals surface area contributed by atoms with E-state index in [1.165, 1.54) is 0 Å². The number of rotatable bonds is 6. The average molecular weight is 363 g/mol. The molecule has 0 radical (unpaired) electrons. The number of hydrogen-bond acceptors (Lipinski definition) is 5. The van der Waals surface area contributed by atoms with Crippen LogP contribution in [0, 0.1) is 0 Å². The number of hydrogen-bond donors (Lipinski definition) is 1. The Morgan fingerprint density at radius 3 is 2.81 bits per heavy atom. The fourth-order valence-corrected chi connectivity index (χ4v) is 3.68. The summed E-state index contributed by atoms with van der Waals surface area (Å²) in [7, 11) is 0. The first kappa shape index (κ1) is 18.5. The molecule has 1 saturated heterocycles. The molecule has 0 unspecified atom stereocenters. The Bertz CT molecular complexity index is 659. The highest BCUT2D eigenvalue weighted by Gasteiger charge is 2.37. The number of aliphatic carboxylic acids is 1. The third-order valence-corrected chi connectivity index (χ3v) is 4.83. The van der Waals surface area contributed by atoms with Gasteiger partial charge in [0.15, 0.2) is 18.1 Å². The van der Waals surface area contributed by atoms with Gasteiger partial charge in [-0.05, 0) is 38.0 Å². The number of nitrogens with zero attached hydrogens (tertiary/aromatic N) is 1. The number of benzene rings is 1. The van der Waals surface area contributed by atoms with Crippen LogP contribution in [-0.4, -0.2) is 60.4 Å². The number of carboxylic acids is 1. The van der Waals surface area contributed by atoms with E-state index in [9.17, 15) is 9.59 Å². The molecule has 0 aromatic heterocycles. The van der Waals surface area contributed by atoms with E-state index in [1.807, 2.05) is 11.8 Å². The lowest BCUT2D eigenvalue weighted by molar-refractivity contribution is -0.139. The molecule has 1 aliphatic heterocycles. The second kappa shape index (κ2) is 8.40. The van der Waals surface area contributed by atoms with Crippen LogP contribution in [0.1, 0.15) is 43.0 Å². The molecular weight excluding hydrogens is 338 g/mol. The Balaban J connectivity index is 1.79. The van der Waals surface area contributed by atoms with Gasteiger partial charge in [-0.25, -0.2) is 4.79 Å². The number of carboxylic acid groups (broad SMARTS) is 1. The molecule has 1 amide bonds. The molecule has 0 bridgehead atoms. The van der Waals surface area contributed by atoms with E-state index in [4.69, 9.17) is 19.3 Å². The van der Waals surface area contributed by atoms with Crippen LogP contribution >= 0.6 is 0 Å². The van der Waals surface area contributed by atoms with Crippen molar-refractivity contribution in [1.82, 2.24) is 4.90 Å². The van der Waals surface area contributed by atoms with E-state index in [-0.39, 0.29) is 18.1 Å². The van der Waals surface area contributed by atoms with Gasteiger partial charge >= 0.3 is 5.97 Å². The zero-order valence-electron chi connectivity index (χ0n) is 15.0. The van der Waals surface area contributed by atoms with Crippen LogP contribution in [0.25, 0.3) is 0 Å². The van der Waals surface area contributed by atoms with E-state index in [2.05, 4.69) is 0 Å². The van der Waals surface area contributed by atoms with Gasteiger partial charge < -0.3 is 24.2 Å². The van der Waals surface area contributed by atoms with Gasteiger partial charge in [-0.1, -0.05) is 12.8 Å². The molecule has 1 aromatic rings. The van der Waals surface area contributed by atoms with E-state index >= 15 is 0 Å². The normalized spacial score (nSPS) is 22.4. The SMILES string of the molecule is CCOc1cc(C(=O)N2CCO[C@H]3CCCC[C@H]32)ccc1OCC(=O)O. The number of ether oxygens (including phenoxy) is 3. The minimum absolute atomic E-state index is 0.0454. The van der Waals surface area contributed by atoms with Crippen molar-refractivity contribution >= 4 is 11.9 Å². The van der Waals surface area contributed by atoms with Crippen LogP contribution in [0.3, 0.4) is 0 Å². The Morgan fingerprint density at radius 2 is 2.04 bits per heavy atom. The molecule has 26 heavy (non-hydrogen) atoms. The van der Waals surface area contributed by atoms with Crippen molar-refractivity contribution in [3.05, 3.63) is 23.8 Å². The maximum absolute atomic E-state index is 13.1. The van der Waals surface area contributed by atoms with E-state index < -0.39 is 12.6 Å². The average Bonchev–Trinajstić information content (AvgIpc) is 2.66. The molecule has 0 spiro atoms. The summed E-state index contributed by atoms with van der Waals surface area (Å²) >= 11 is 0. The molecule has 1 aliphatic carbocycles. The Morgan fingerprint density at radius 1 is 1.23 bits per heavy atom. The zero-order valence-corrected chi connectivity index (χ0v) is 15.0. The quantitative estimate of drug-likeness (QED) is 0.835. The predicted molar refractivity (Wildman–Crippen MR) is 93.8 cm³/mol. The molecule has 7 heteroatoms. The van der Waals surface area contributed by atoms with Crippen LogP contribution < -0.4 is 9.47 Å². The summed E-state index contributed by atoms with van der Waals surface area (Å²) in [4.78, 5) is 25.7. The first-order chi connectivity index (χ1) is 12.6. The maximum Gasteiger partial charge on any atom is 0.341 e. The molecule has 2 atom stereocenters. The molecule has 2 fully saturated rings. The van der Waals surface area contributed by atoms with Crippen LogP contribution in [0.2, 0.25) is 0 Å². The van der Waals surface area contributed by atoms with Gasteiger partial charge in [0.25, 0.3) is 5.91 Å². The maximum atomic E-state index is 13.1. The van der Waals surface area contributed by atoms with Gasteiger partial charge in [0.1, 0.15) is 0 Å². The summed E-state index contributed by atoms with van der Waals surface area (Å²) in [5.41, 5.74) is 0.516. The van der Waals surface area contributed by atoms with Gasteiger partial charge in [0.05, 0.1) is 25.4 Å². The number of carbonyl (C=O) groups is 2. The van der Waals surface area contributed by atoms with E-state index in [1.54, 1.807) is 18.2 Å². The van der Waals surface area contributed by atoms with Crippen molar-refractivity contribution in [2.24, 2.45) is 0 Å². The predicted octanol–water partition coefficient (Wildman–Crippen LogP) is 2.33.